The lowest BCUT2D eigenvalue weighted by Crippen LogP contribution is -2.38. The van der Waals surface area contributed by atoms with Gasteiger partial charge in [-0.3, -0.25) is 9.36 Å². The Labute approximate surface area is 218 Å². The van der Waals surface area contributed by atoms with Crippen molar-refractivity contribution in [2.75, 3.05) is 21.3 Å². The average Bonchev–Trinajstić information content (AvgIpc) is 3.25. The van der Waals surface area contributed by atoms with Crippen LogP contribution in [0.3, 0.4) is 0 Å². The summed E-state index contributed by atoms with van der Waals surface area (Å²) in [6, 6.07) is 21.8. The fourth-order valence-electron chi connectivity index (χ4n) is 5.20. The molecular formula is C30H26N2O4S. The van der Waals surface area contributed by atoms with Crippen LogP contribution in [-0.2, 0) is 6.42 Å². The van der Waals surface area contributed by atoms with Crippen molar-refractivity contribution in [1.29, 1.82) is 0 Å². The summed E-state index contributed by atoms with van der Waals surface area (Å²) >= 11 is 1.41. The zero-order valence-electron chi connectivity index (χ0n) is 20.9. The maximum absolute atomic E-state index is 13.9. The van der Waals surface area contributed by atoms with Gasteiger partial charge in [0.05, 0.1) is 37.6 Å². The van der Waals surface area contributed by atoms with E-state index in [9.17, 15) is 4.79 Å². The first kappa shape index (κ1) is 23.3. The number of rotatable bonds is 5. The van der Waals surface area contributed by atoms with Gasteiger partial charge in [-0.15, -0.1) is 0 Å². The van der Waals surface area contributed by atoms with E-state index in [0.717, 1.165) is 41.0 Å². The average molecular weight is 511 g/mol. The van der Waals surface area contributed by atoms with E-state index in [1.807, 2.05) is 53.1 Å². The molecule has 4 aromatic rings. The van der Waals surface area contributed by atoms with Crippen LogP contribution in [-0.4, -0.2) is 25.9 Å². The molecule has 0 saturated carbocycles. The van der Waals surface area contributed by atoms with E-state index in [-0.39, 0.29) is 11.6 Å². The number of fused-ring (bicyclic) bond motifs is 3. The highest BCUT2D eigenvalue weighted by Crippen LogP contribution is 2.41. The van der Waals surface area contributed by atoms with Gasteiger partial charge >= 0.3 is 0 Å². The van der Waals surface area contributed by atoms with Gasteiger partial charge in [0.15, 0.2) is 16.3 Å². The van der Waals surface area contributed by atoms with E-state index in [1.165, 1.54) is 22.5 Å². The molecule has 1 aromatic heterocycles. The molecule has 6 nitrogen and oxygen atoms in total. The maximum atomic E-state index is 13.9. The molecule has 1 aliphatic heterocycles. The fourth-order valence-corrected chi connectivity index (χ4v) is 6.20. The zero-order valence-corrected chi connectivity index (χ0v) is 21.7. The lowest BCUT2D eigenvalue weighted by atomic mass is 9.83. The van der Waals surface area contributed by atoms with Crippen molar-refractivity contribution >= 4 is 23.1 Å². The molecule has 0 bridgehead atoms. The van der Waals surface area contributed by atoms with Crippen molar-refractivity contribution in [3.63, 3.8) is 0 Å². The third kappa shape index (κ3) is 3.96. The van der Waals surface area contributed by atoms with Crippen molar-refractivity contribution in [3.8, 4) is 17.2 Å². The van der Waals surface area contributed by atoms with Gasteiger partial charge in [-0.05, 0) is 65.4 Å². The number of allylic oxidation sites excluding steroid dienone is 1. The molecule has 7 heteroatoms. The second-order valence-corrected chi connectivity index (χ2v) is 10.0. The van der Waals surface area contributed by atoms with Gasteiger partial charge in [0, 0.05) is 5.56 Å². The van der Waals surface area contributed by atoms with Gasteiger partial charge in [-0.25, -0.2) is 4.99 Å². The Balaban J connectivity index is 1.57. The standard InChI is InChI=1S/C30H26N2O4S/c1-34-21-12-9-20(10-13-21)28-23-14-11-19-6-4-5-7-22(19)27(23)31-30-32(28)29(33)26(37-30)17-18-8-15-24(35-2)25(16-18)36-3/h4-10,12-13,15-17,28H,11,14H2,1-3H3/b26-17-/t28-/m0/s1. The van der Waals surface area contributed by atoms with Crippen LogP contribution < -0.4 is 29.1 Å². The first-order valence-electron chi connectivity index (χ1n) is 12.1. The SMILES string of the molecule is COc1ccc([C@H]2C3=C(N=c4s/c(=C\c5ccc(OC)c(OC)c5)c(=O)n42)c2ccccc2CC3)cc1. The smallest absolute Gasteiger partial charge is 0.271 e. The summed E-state index contributed by atoms with van der Waals surface area (Å²) in [4.78, 5) is 19.7. The minimum atomic E-state index is -0.224. The van der Waals surface area contributed by atoms with Gasteiger partial charge in [0.25, 0.3) is 5.56 Å². The molecule has 0 unspecified atom stereocenters. The summed E-state index contributed by atoms with van der Waals surface area (Å²) in [7, 11) is 4.87. The highest BCUT2D eigenvalue weighted by atomic mass is 32.1. The number of benzene rings is 3. The highest BCUT2D eigenvalue weighted by molar-refractivity contribution is 7.07. The van der Waals surface area contributed by atoms with Crippen molar-refractivity contribution in [1.82, 2.24) is 4.57 Å². The quantitative estimate of drug-likeness (QED) is 0.401. The minimum Gasteiger partial charge on any atom is -0.497 e. The van der Waals surface area contributed by atoms with Crippen LogP contribution in [0.1, 0.15) is 34.7 Å². The van der Waals surface area contributed by atoms with Crippen molar-refractivity contribution < 1.29 is 14.2 Å². The number of hydrogen-bond acceptors (Lipinski definition) is 6. The molecule has 37 heavy (non-hydrogen) atoms. The molecule has 1 atom stereocenters. The lowest BCUT2D eigenvalue weighted by Gasteiger charge is -2.30. The monoisotopic (exact) mass is 510 g/mol. The summed E-state index contributed by atoms with van der Waals surface area (Å²) in [5, 5.41) is 0. The second kappa shape index (κ2) is 9.41. The summed E-state index contributed by atoms with van der Waals surface area (Å²) in [6.07, 6.45) is 3.67. The molecule has 0 spiro atoms. The zero-order chi connectivity index (χ0) is 25.5. The number of methoxy groups -OCH3 is 3. The van der Waals surface area contributed by atoms with Crippen molar-refractivity contribution in [2.24, 2.45) is 4.99 Å². The molecule has 3 aromatic carbocycles. The van der Waals surface area contributed by atoms with E-state index in [0.29, 0.717) is 20.8 Å². The number of hydrogen-bond donors (Lipinski definition) is 0. The molecule has 0 amide bonds. The molecule has 0 saturated heterocycles. The lowest BCUT2D eigenvalue weighted by molar-refractivity contribution is 0.355. The minimum absolute atomic E-state index is 0.0511. The Morgan fingerprint density at radius 2 is 1.70 bits per heavy atom. The molecular weight excluding hydrogens is 484 g/mol. The molecule has 2 aliphatic rings. The Morgan fingerprint density at radius 1 is 0.919 bits per heavy atom. The predicted molar refractivity (Wildman–Crippen MR) is 145 cm³/mol. The number of nitrogens with zero attached hydrogens (tertiary/aromatic N) is 2. The molecule has 2 heterocycles. The van der Waals surface area contributed by atoms with Crippen LogP contribution in [0.2, 0.25) is 0 Å². The number of aryl methyl sites for hydroxylation is 1. The van der Waals surface area contributed by atoms with E-state index in [4.69, 9.17) is 19.2 Å². The number of aromatic nitrogens is 1. The topological polar surface area (TPSA) is 62.0 Å². The van der Waals surface area contributed by atoms with E-state index in [2.05, 4.69) is 24.3 Å². The van der Waals surface area contributed by atoms with Crippen LogP contribution in [0.15, 0.2) is 82.1 Å². The first-order valence-corrected chi connectivity index (χ1v) is 12.9. The van der Waals surface area contributed by atoms with Gasteiger partial charge < -0.3 is 14.2 Å². The Kier molecular flexibility index (Phi) is 5.93. The largest absolute Gasteiger partial charge is 0.497 e. The molecule has 0 N–H and O–H groups in total. The summed E-state index contributed by atoms with van der Waals surface area (Å²) < 4.78 is 18.7. The molecule has 1 aliphatic carbocycles. The number of thiazole rings is 1. The van der Waals surface area contributed by atoms with Crippen molar-refractivity contribution in [2.45, 2.75) is 18.9 Å². The molecule has 0 fully saturated rings. The Hall–Kier alpha value is -4.10. The highest BCUT2D eigenvalue weighted by Gasteiger charge is 2.32. The second-order valence-electron chi connectivity index (χ2n) is 9.00. The number of ether oxygens (including phenoxy) is 3. The fraction of sp³-hybridized carbons (Fsp3) is 0.200. The summed E-state index contributed by atoms with van der Waals surface area (Å²) in [5.74, 6) is 2.05. The molecule has 186 valence electrons. The van der Waals surface area contributed by atoms with Gasteiger partial charge in [0.1, 0.15) is 5.75 Å². The molecule has 0 radical (unpaired) electrons. The van der Waals surface area contributed by atoms with Gasteiger partial charge in [0.2, 0.25) is 0 Å². The Morgan fingerprint density at radius 3 is 2.46 bits per heavy atom. The third-order valence-electron chi connectivity index (χ3n) is 7.01. The van der Waals surface area contributed by atoms with Crippen LogP contribution >= 0.6 is 11.3 Å². The van der Waals surface area contributed by atoms with E-state index in [1.54, 1.807) is 21.3 Å². The molecule has 6 rings (SSSR count). The predicted octanol–water partition coefficient (Wildman–Crippen LogP) is 4.34. The van der Waals surface area contributed by atoms with Gasteiger partial charge in [-0.2, -0.15) is 0 Å². The van der Waals surface area contributed by atoms with Crippen molar-refractivity contribution in [3.05, 3.63) is 114 Å². The van der Waals surface area contributed by atoms with E-state index < -0.39 is 0 Å². The first-order chi connectivity index (χ1) is 18.1. The van der Waals surface area contributed by atoms with Crippen LogP contribution in [0, 0.1) is 0 Å². The normalized spacial score (nSPS) is 16.4. The van der Waals surface area contributed by atoms with E-state index >= 15 is 0 Å². The van der Waals surface area contributed by atoms with Crippen LogP contribution in [0.25, 0.3) is 11.8 Å². The van der Waals surface area contributed by atoms with Gasteiger partial charge in [-0.1, -0.05) is 53.8 Å². The third-order valence-corrected chi connectivity index (χ3v) is 7.99. The maximum Gasteiger partial charge on any atom is 0.271 e. The summed E-state index contributed by atoms with van der Waals surface area (Å²) in [5.41, 5.74) is 6.46. The Bertz CT molecular complexity index is 1710. The van der Waals surface area contributed by atoms with Crippen LogP contribution in [0.5, 0.6) is 17.2 Å². The van der Waals surface area contributed by atoms with Crippen LogP contribution in [0.4, 0.5) is 0 Å². The summed E-state index contributed by atoms with van der Waals surface area (Å²) in [6.45, 7) is 0.